The molecule has 2 N–H and O–H groups in total. The maximum atomic E-state index is 11.7. The number of carbonyl (C=O) groups is 1. The number of rotatable bonds is 7. The van der Waals surface area contributed by atoms with Crippen molar-refractivity contribution in [3.63, 3.8) is 0 Å². The number of nitrogens with one attached hydrogen (secondary N) is 1. The number of fused-ring (bicyclic) bond motifs is 1. The summed E-state index contributed by atoms with van der Waals surface area (Å²) in [5.41, 5.74) is 1.11. The number of hydroxylamine groups is 2. The number of hydrogen-bond donors (Lipinski definition) is 2. The molecule has 4 heteroatoms. The van der Waals surface area contributed by atoms with E-state index in [-0.39, 0.29) is 5.91 Å². The summed E-state index contributed by atoms with van der Waals surface area (Å²) >= 11 is 0. The Bertz CT molecular complexity index is 596. The SMILES string of the molecule is CN(O)CCCCC(=O)NCc1ccc2ccccc2c1. The van der Waals surface area contributed by atoms with Crippen LogP contribution in [0, 0.1) is 0 Å². The van der Waals surface area contributed by atoms with E-state index in [1.165, 1.54) is 10.8 Å². The Morgan fingerprint density at radius 2 is 1.90 bits per heavy atom. The second-order valence-corrected chi connectivity index (χ2v) is 5.30. The molecule has 0 radical (unpaired) electrons. The third-order valence-electron chi connectivity index (χ3n) is 3.44. The van der Waals surface area contributed by atoms with E-state index >= 15 is 0 Å². The molecule has 0 heterocycles. The fraction of sp³-hybridized carbons (Fsp3) is 0.353. The van der Waals surface area contributed by atoms with Crippen LogP contribution >= 0.6 is 0 Å². The fourth-order valence-electron chi connectivity index (χ4n) is 2.26. The molecular formula is C17H22N2O2. The molecule has 0 aliphatic heterocycles. The highest BCUT2D eigenvalue weighted by atomic mass is 16.5. The second kappa shape index (κ2) is 7.76. The first-order chi connectivity index (χ1) is 10.1. The summed E-state index contributed by atoms with van der Waals surface area (Å²) in [6.45, 7) is 1.15. The third-order valence-corrected chi connectivity index (χ3v) is 3.44. The van der Waals surface area contributed by atoms with Crippen LogP contribution in [0.2, 0.25) is 0 Å². The van der Waals surface area contributed by atoms with E-state index in [2.05, 4.69) is 29.6 Å². The zero-order chi connectivity index (χ0) is 15.1. The molecule has 0 bridgehead atoms. The Hall–Kier alpha value is -1.91. The third kappa shape index (κ3) is 5.17. The van der Waals surface area contributed by atoms with Crippen LogP contribution in [0.25, 0.3) is 10.8 Å². The van der Waals surface area contributed by atoms with Crippen LogP contribution in [-0.4, -0.2) is 29.8 Å². The molecule has 112 valence electrons. The first-order valence-electron chi connectivity index (χ1n) is 7.29. The number of amides is 1. The molecule has 1 amide bonds. The van der Waals surface area contributed by atoms with Crippen molar-refractivity contribution in [2.24, 2.45) is 0 Å². The number of carbonyl (C=O) groups excluding carboxylic acids is 1. The minimum atomic E-state index is 0.0590. The van der Waals surface area contributed by atoms with E-state index in [9.17, 15) is 4.79 Å². The van der Waals surface area contributed by atoms with Crippen LogP contribution in [0.3, 0.4) is 0 Å². The van der Waals surface area contributed by atoms with Crippen LogP contribution in [0.15, 0.2) is 42.5 Å². The predicted octanol–water partition coefficient (Wildman–Crippen LogP) is 2.95. The van der Waals surface area contributed by atoms with Gasteiger partial charge in [0.15, 0.2) is 0 Å². The van der Waals surface area contributed by atoms with E-state index in [4.69, 9.17) is 5.21 Å². The van der Waals surface area contributed by atoms with Crippen LogP contribution in [-0.2, 0) is 11.3 Å². The predicted molar refractivity (Wildman–Crippen MR) is 84.1 cm³/mol. The zero-order valence-corrected chi connectivity index (χ0v) is 12.4. The van der Waals surface area contributed by atoms with Crippen LogP contribution in [0.1, 0.15) is 24.8 Å². The van der Waals surface area contributed by atoms with Gasteiger partial charge in [-0.1, -0.05) is 36.4 Å². The van der Waals surface area contributed by atoms with Gasteiger partial charge in [0.2, 0.25) is 5.91 Å². The highest BCUT2D eigenvalue weighted by Gasteiger charge is 2.02. The summed E-state index contributed by atoms with van der Waals surface area (Å²) in [6.07, 6.45) is 2.10. The van der Waals surface area contributed by atoms with Crippen molar-refractivity contribution >= 4 is 16.7 Å². The topological polar surface area (TPSA) is 52.6 Å². The lowest BCUT2D eigenvalue weighted by atomic mass is 10.1. The standard InChI is InChI=1S/C17H22N2O2/c1-19(21)11-5-4-8-17(20)18-13-14-9-10-15-6-2-3-7-16(15)12-14/h2-3,6-7,9-10,12,21H,4-5,8,11,13H2,1H3,(H,18,20). The van der Waals surface area contributed by atoms with Gasteiger partial charge in [-0.25, -0.2) is 0 Å². The molecular weight excluding hydrogens is 264 g/mol. The van der Waals surface area contributed by atoms with E-state index in [0.717, 1.165) is 23.5 Å². The molecule has 0 atom stereocenters. The van der Waals surface area contributed by atoms with Crippen molar-refractivity contribution in [3.05, 3.63) is 48.0 Å². The van der Waals surface area contributed by atoms with Crippen molar-refractivity contribution in [3.8, 4) is 0 Å². The monoisotopic (exact) mass is 286 g/mol. The second-order valence-electron chi connectivity index (χ2n) is 5.30. The number of benzene rings is 2. The normalized spacial score (nSPS) is 11.0. The highest BCUT2D eigenvalue weighted by molar-refractivity contribution is 5.83. The molecule has 21 heavy (non-hydrogen) atoms. The van der Waals surface area contributed by atoms with Crippen LogP contribution in [0.4, 0.5) is 0 Å². The van der Waals surface area contributed by atoms with Gasteiger partial charge in [-0.3, -0.25) is 4.79 Å². The Kier molecular flexibility index (Phi) is 5.72. The average Bonchev–Trinajstić information content (AvgIpc) is 2.49. The number of nitrogens with zero attached hydrogens (tertiary/aromatic N) is 1. The van der Waals surface area contributed by atoms with E-state index in [1.54, 1.807) is 7.05 Å². The molecule has 0 spiro atoms. The summed E-state index contributed by atoms with van der Waals surface area (Å²) in [5.74, 6) is 0.0590. The van der Waals surface area contributed by atoms with E-state index < -0.39 is 0 Å². The summed E-state index contributed by atoms with van der Waals surface area (Å²) < 4.78 is 0. The van der Waals surface area contributed by atoms with Gasteiger partial charge in [0.05, 0.1) is 0 Å². The van der Waals surface area contributed by atoms with Gasteiger partial charge in [0, 0.05) is 26.6 Å². The first kappa shape index (κ1) is 15.5. The Labute approximate surface area is 125 Å². The Balaban J connectivity index is 1.77. The minimum Gasteiger partial charge on any atom is -0.352 e. The van der Waals surface area contributed by atoms with Gasteiger partial charge in [0.1, 0.15) is 0 Å². The van der Waals surface area contributed by atoms with E-state index in [0.29, 0.717) is 19.5 Å². The maximum absolute atomic E-state index is 11.7. The lowest BCUT2D eigenvalue weighted by Gasteiger charge is -2.08. The Morgan fingerprint density at radius 1 is 1.14 bits per heavy atom. The molecule has 0 unspecified atom stereocenters. The van der Waals surface area contributed by atoms with Gasteiger partial charge in [-0.15, -0.1) is 0 Å². The molecule has 0 saturated heterocycles. The van der Waals surface area contributed by atoms with Crippen molar-refractivity contribution in [1.29, 1.82) is 0 Å². The smallest absolute Gasteiger partial charge is 0.220 e. The largest absolute Gasteiger partial charge is 0.352 e. The number of hydrogen-bond acceptors (Lipinski definition) is 3. The molecule has 4 nitrogen and oxygen atoms in total. The highest BCUT2D eigenvalue weighted by Crippen LogP contribution is 2.15. The van der Waals surface area contributed by atoms with Crippen LogP contribution < -0.4 is 5.32 Å². The summed E-state index contributed by atoms with van der Waals surface area (Å²) in [4.78, 5) is 11.7. The molecule has 0 fully saturated rings. The molecule has 0 aliphatic rings. The molecule has 0 aromatic heterocycles. The summed E-state index contributed by atoms with van der Waals surface area (Å²) in [5, 5.41) is 15.5. The average molecular weight is 286 g/mol. The van der Waals surface area contributed by atoms with Gasteiger partial charge < -0.3 is 10.5 Å². The molecule has 2 aromatic rings. The molecule has 0 saturated carbocycles. The van der Waals surface area contributed by atoms with Gasteiger partial charge in [0.25, 0.3) is 0 Å². The number of unbranched alkanes of at least 4 members (excludes halogenated alkanes) is 1. The van der Waals surface area contributed by atoms with Gasteiger partial charge in [-0.05, 0) is 35.2 Å². The van der Waals surface area contributed by atoms with Crippen LogP contribution in [0.5, 0.6) is 0 Å². The van der Waals surface area contributed by atoms with Crippen molar-refractivity contribution in [1.82, 2.24) is 10.4 Å². The lowest BCUT2D eigenvalue weighted by molar-refractivity contribution is -0.121. The minimum absolute atomic E-state index is 0.0590. The van der Waals surface area contributed by atoms with Gasteiger partial charge in [-0.2, -0.15) is 5.06 Å². The van der Waals surface area contributed by atoms with Crippen molar-refractivity contribution in [2.75, 3.05) is 13.6 Å². The lowest BCUT2D eigenvalue weighted by Crippen LogP contribution is -2.22. The maximum Gasteiger partial charge on any atom is 0.220 e. The zero-order valence-electron chi connectivity index (χ0n) is 12.4. The molecule has 2 rings (SSSR count). The fourth-order valence-corrected chi connectivity index (χ4v) is 2.26. The molecule has 0 aliphatic carbocycles. The Morgan fingerprint density at radius 3 is 2.67 bits per heavy atom. The quantitative estimate of drug-likeness (QED) is 0.608. The van der Waals surface area contributed by atoms with E-state index in [1.807, 2.05) is 18.2 Å². The molecule has 2 aromatic carbocycles. The van der Waals surface area contributed by atoms with Crippen molar-refractivity contribution < 1.29 is 10.0 Å². The van der Waals surface area contributed by atoms with Crippen molar-refractivity contribution in [2.45, 2.75) is 25.8 Å². The van der Waals surface area contributed by atoms with Gasteiger partial charge >= 0.3 is 0 Å². The summed E-state index contributed by atoms with van der Waals surface area (Å²) in [7, 11) is 1.61. The summed E-state index contributed by atoms with van der Waals surface area (Å²) in [6, 6.07) is 14.4. The first-order valence-corrected chi connectivity index (χ1v) is 7.29.